The van der Waals surface area contributed by atoms with Crippen LogP contribution in [0.25, 0.3) is 0 Å². The van der Waals surface area contributed by atoms with Crippen molar-refractivity contribution in [3.63, 3.8) is 0 Å². The topological polar surface area (TPSA) is 24.9 Å². The molecule has 0 amide bonds. The summed E-state index contributed by atoms with van der Waals surface area (Å²) < 4.78 is 1.11. The molecule has 2 rings (SSSR count). The third kappa shape index (κ3) is 3.38. The first-order valence-electron chi connectivity index (χ1n) is 5.61. The zero-order valence-corrected chi connectivity index (χ0v) is 11.3. The van der Waals surface area contributed by atoms with Gasteiger partial charge in [0.15, 0.2) is 0 Å². The van der Waals surface area contributed by atoms with Crippen molar-refractivity contribution in [2.75, 3.05) is 7.05 Å². The number of nitrogens with one attached hydrogen (secondary N) is 1. The third-order valence-electron chi connectivity index (χ3n) is 2.78. The molecule has 0 aliphatic rings. The van der Waals surface area contributed by atoms with Crippen LogP contribution in [0.15, 0.2) is 53.3 Å². The van der Waals surface area contributed by atoms with Crippen LogP contribution in [0.1, 0.15) is 17.2 Å². The molecule has 0 aliphatic carbocycles. The molecule has 1 heterocycles. The summed E-state index contributed by atoms with van der Waals surface area (Å²) in [5.41, 5.74) is 2.54. The molecular weight excluding hydrogens is 276 g/mol. The number of pyridine rings is 1. The van der Waals surface area contributed by atoms with E-state index in [1.165, 1.54) is 11.1 Å². The molecule has 0 saturated carbocycles. The molecule has 0 bridgehead atoms. The SMILES string of the molecule is CNC(Cc1cccnc1)c1ccc(Br)cc1. The number of aromatic nitrogens is 1. The van der Waals surface area contributed by atoms with Gasteiger partial charge in [-0.25, -0.2) is 0 Å². The number of halogens is 1. The van der Waals surface area contributed by atoms with Crippen LogP contribution in [0, 0.1) is 0 Å². The van der Waals surface area contributed by atoms with Crippen molar-refractivity contribution in [2.45, 2.75) is 12.5 Å². The van der Waals surface area contributed by atoms with Gasteiger partial charge in [0, 0.05) is 22.9 Å². The fraction of sp³-hybridized carbons (Fsp3) is 0.214. The minimum absolute atomic E-state index is 0.326. The first kappa shape index (κ1) is 12.3. The van der Waals surface area contributed by atoms with Gasteiger partial charge in [-0.3, -0.25) is 4.98 Å². The van der Waals surface area contributed by atoms with Crippen molar-refractivity contribution < 1.29 is 0 Å². The quantitative estimate of drug-likeness (QED) is 0.934. The van der Waals surface area contributed by atoms with E-state index in [0.717, 1.165) is 10.9 Å². The average molecular weight is 291 g/mol. The van der Waals surface area contributed by atoms with Crippen LogP contribution in [0.3, 0.4) is 0 Å². The lowest BCUT2D eigenvalue weighted by atomic mass is 10.0. The third-order valence-corrected chi connectivity index (χ3v) is 3.31. The van der Waals surface area contributed by atoms with Gasteiger partial charge >= 0.3 is 0 Å². The highest BCUT2D eigenvalue weighted by atomic mass is 79.9. The minimum Gasteiger partial charge on any atom is -0.313 e. The molecule has 1 atom stereocenters. The van der Waals surface area contributed by atoms with Crippen LogP contribution in [0.5, 0.6) is 0 Å². The van der Waals surface area contributed by atoms with E-state index >= 15 is 0 Å². The van der Waals surface area contributed by atoms with E-state index in [4.69, 9.17) is 0 Å². The van der Waals surface area contributed by atoms with Gasteiger partial charge in [-0.15, -0.1) is 0 Å². The molecule has 3 heteroatoms. The summed E-state index contributed by atoms with van der Waals surface area (Å²) in [6.45, 7) is 0. The van der Waals surface area contributed by atoms with E-state index in [1.54, 1.807) is 6.20 Å². The zero-order valence-electron chi connectivity index (χ0n) is 9.73. The molecule has 0 fully saturated rings. The van der Waals surface area contributed by atoms with Crippen LogP contribution in [-0.2, 0) is 6.42 Å². The fourth-order valence-corrected chi connectivity index (χ4v) is 2.10. The predicted molar refractivity (Wildman–Crippen MR) is 73.9 cm³/mol. The molecule has 1 aromatic heterocycles. The maximum atomic E-state index is 4.14. The Hall–Kier alpha value is -1.19. The Labute approximate surface area is 110 Å². The molecule has 88 valence electrons. The van der Waals surface area contributed by atoms with Gasteiger partial charge in [0.05, 0.1) is 0 Å². The first-order chi connectivity index (χ1) is 8.29. The van der Waals surface area contributed by atoms with Crippen LogP contribution < -0.4 is 5.32 Å². The number of rotatable bonds is 4. The minimum atomic E-state index is 0.326. The maximum absolute atomic E-state index is 4.14. The van der Waals surface area contributed by atoms with Crippen LogP contribution >= 0.6 is 15.9 Å². The van der Waals surface area contributed by atoms with Gasteiger partial charge < -0.3 is 5.32 Å². The van der Waals surface area contributed by atoms with E-state index < -0.39 is 0 Å². The predicted octanol–water partition coefficient (Wildman–Crippen LogP) is 3.35. The van der Waals surface area contributed by atoms with Crippen molar-refractivity contribution >= 4 is 15.9 Å². The summed E-state index contributed by atoms with van der Waals surface area (Å²) in [6.07, 6.45) is 4.67. The number of hydrogen-bond acceptors (Lipinski definition) is 2. The Balaban J connectivity index is 2.14. The van der Waals surface area contributed by atoms with Crippen LogP contribution in [-0.4, -0.2) is 12.0 Å². The van der Waals surface area contributed by atoms with Gasteiger partial charge in [-0.05, 0) is 42.8 Å². The Bertz CT molecular complexity index is 453. The Morgan fingerprint density at radius 2 is 2.00 bits per heavy atom. The molecule has 0 spiro atoms. The summed E-state index contributed by atoms with van der Waals surface area (Å²) in [5, 5.41) is 3.34. The number of hydrogen-bond donors (Lipinski definition) is 1. The Morgan fingerprint density at radius 3 is 2.59 bits per heavy atom. The van der Waals surface area contributed by atoms with Gasteiger partial charge in [-0.2, -0.15) is 0 Å². The standard InChI is InChI=1S/C14H15BrN2/c1-16-14(9-11-3-2-8-17-10-11)12-4-6-13(15)7-5-12/h2-8,10,14,16H,9H2,1H3. The lowest BCUT2D eigenvalue weighted by Crippen LogP contribution is -2.18. The molecule has 2 nitrogen and oxygen atoms in total. The van der Waals surface area contributed by atoms with E-state index in [-0.39, 0.29) is 0 Å². The van der Waals surface area contributed by atoms with Gasteiger partial charge in [0.1, 0.15) is 0 Å². The molecule has 0 aliphatic heterocycles. The molecule has 1 aromatic carbocycles. The summed E-state index contributed by atoms with van der Waals surface area (Å²) in [4.78, 5) is 4.14. The molecule has 17 heavy (non-hydrogen) atoms. The average Bonchev–Trinajstić information content (AvgIpc) is 2.38. The number of likely N-dealkylation sites (N-methyl/N-ethyl adjacent to an activating group) is 1. The highest BCUT2D eigenvalue weighted by molar-refractivity contribution is 9.10. The zero-order chi connectivity index (χ0) is 12.1. The maximum Gasteiger partial charge on any atom is 0.0358 e. The second-order valence-corrected chi connectivity index (χ2v) is 4.87. The first-order valence-corrected chi connectivity index (χ1v) is 6.40. The van der Waals surface area contributed by atoms with E-state index in [1.807, 2.05) is 19.3 Å². The highest BCUT2D eigenvalue weighted by Gasteiger charge is 2.09. The smallest absolute Gasteiger partial charge is 0.0358 e. The highest BCUT2D eigenvalue weighted by Crippen LogP contribution is 2.20. The van der Waals surface area contributed by atoms with Gasteiger partial charge in [0.2, 0.25) is 0 Å². The van der Waals surface area contributed by atoms with Gasteiger partial charge in [-0.1, -0.05) is 34.1 Å². The summed E-state index contributed by atoms with van der Waals surface area (Å²) >= 11 is 3.45. The van der Waals surface area contributed by atoms with Crippen molar-refractivity contribution in [1.29, 1.82) is 0 Å². The van der Waals surface area contributed by atoms with Crippen molar-refractivity contribution in [1.82, 2.24) is 10.3 Å². The van der Waals surface area contributed by atoms with Gasteiger partial charge in [0.25, 0.3) is 0 Å². The Kier molecular flexibility index (Phi) is 4.29. The molecule has 2 aromatic rings. The lowest BCUT2D eigenvalue weighted by molar-refractivity contribution is 0.591. The molecule has 0 saturated heterocycles. The second kappa shape index (κ2) is 5.94. The second-order valence-electron chi connectivity index (χ2n) is 3.96. The Morgan fingerprint density at radius 1 is 1.24 bits per heavy atom. The summed E-state index contributed by atoms with van der Waals surface area (Å²) in [7, 11) is 1.99. The normalized spacial score (nSPS) is 12.4. The van der Waals surface area contributed by atoms with Crippen molar-refractivity contribution in [3.05, 3.63) is 64.4 Å². The molecule has 1 N–H and O–H groups in total. The van der Waals surface area contributed by atoms with Crippen molar-refractivity contribution in [3.8, 4) is 0 Å². The number of benzene rings is 1. The van der Waals surface area contributed by atoms with Crippen LogP contribution in [0.4, 0.5) is 0 Å². The van der Waals surface area contributed by atoms with E-state index in [2.05, 4.69) is 56.6 Å². The summed E-state index contributed by atoms with van der Waals surface area (Å²) in [6, 6.07) is 12.8. The fourth-order valence-electron chi connectivity index (χ4n) is 1.84. The molecular formula is C14H15BrN2. The summed E-state index contributed by atoms with van der Waals surface area (Å²) in [5.74, 6) is 0. The van der Waals surface area contributed by atoms with E-state index in [0.29, 0.717) is 6.04 Å². The monoisotopic (exact) mass is 290 g/mol. The largest absolute Gasteiger partial charge is 0.313 e. The molecule has 0 radical (unpaired) electrons. The van der Waals surface area contributed by atoms with Crippen LogP contribution in [0.2, 0.25) is 0 Å². The van der Waals surface area contributed by atoms with E-state index in [9.17, 15) is 0 Å². The van der Waals surface area contributed by atoms with Crippen molar-refractivity contribution in [2.24, 2.45) is 0 Å². The lowest BCUT2D eigenvalue weighted by Gasteiger charge is -2.16. The number of nitrogens with zero attached hydrogens (tertiary/aromatic N) is 1. The molecule has 1 unspecified atom stereocenters.